The summed E-state index contributed by atoms with van der Waals surface area (Å²) in [5, 5.41) is 22.1. The van der Waals surface area contributed by atoms with Gasteiger partial charge < -0.3 is 25.2 Å². The normalized spacial score (nSPS) is 12.1. The molecule has 10 heteroatoms. The van der Waals surface area contributed by atoms with Crippen LogP contribution in [-0.2, 0) is 16.0 Å². The lowest BCUT2D eigenvalue weighted by Crippen LogP contribution is -2.46. The van der Waals surface area contributed by atoms with Gasteiger partial charge in [0.2, 0.25) is 0 Å². The molecular formula is C21H20Cl2N2O5S. The van der Waals surface area contributed by atoms with Crippen molar-refractivity contribution in [1.82, 2.24) is 10.2 Å². The number of aliphatic carboxylic acids is 1. The molecule has 0 saturated heterocycles. The van der Waals surface area contributed by atoms with Gasteiger partial charge in [-0.3, -0.25) is 4.79 Å². The molecule has 0 bridgehead atoms. The number of hydrogen-bond acceptors (Lipinski definition) is 5. The van der Waals surface area contributed by atoms with Gasteiger partial charge in [0.1, 0.15) is 16.8 Å². The predicted molar refractivity (Wildman–Crippen MR) is 124 cm³/mol. The van der Waals surface area contributed by atoms with Crippen molar-refractivity contribution in [3.05, 3.63) is 63.3 Å². The van der Waals surface area contributed by atoms with Crippen molar-refractivity contribution < 1.29 is 24.5 Å². The number of nitrogens with zero attached hydrogens (tertiary/aromatic N) is 1. The Morgan fingerprint density at radius 2 is 1.90 bits per heavy atom. The zero-order valence-electron chi connectivity index (χ0n) is 16.6. The molecule has 31 heavy (non-hydrogen) atoms. The van der Waals surface area contributed by atoms with E-state index in [1.165, 1.54) is 26.3 Å². The van der Waals surface area contributed by atoms with Crippen LogP contribution in [0.25, 0.3) is 6.08 Å². The van der Waals surface area contributed by atoms with Crippen LogP contribution in [0.5, 0.6) is 11.5 Å². The summed E-state index contributed by atoms with van der Waals surface area (Å²) in [6, 6.07) is 9.23. The second-order valence-corrected chi connectivity index (χ2v) is 7.42. The highest BCUT2D eigenvalue weighted by molar-refractivity contribution is 7.78. The quantitative estimate of drug-likeness (QED) is 0.369. The third-order valence-electron chi connectivity index (χ3n) is 4.48. The molecule has 3 N–H and O–H groups in total. The number of likely N-dealkylation sites (N-methyl/N-ethyl adjacent to an activating group) is 1. The first-order chi connectivity index (χ1) is 14.7. The summed E-state index contributed by atoms with van der Waals surface area (Å²) in [4.78, 5) is 26.1. The summed E-state index contributed by atoms with van der Waals surface area (Å²) < 4.78 is 5.06. The van der Waals surface area contributed by atoms with Crippen LogP contribution in [-0.4, -0.2) is 52.7 Å². The van der Waals surface area contributed by atoms with Gasteiger partial charge in [-0.25, -0.2) is 4.79 Å². The lowest BCUT2D eigenvalue weighted by atomic mass is 10.0. The molecule has 0 aliphatic rings. The second-order valence-electron chi connectivity index (χ2n) is 6.42. The minimum atomic E-state index is -1.16. The number of benzene rings is 2. The Balaban J connectivity index is 2.43. The molecule has 2 rings (SSSR count). The van der Waals surface area contributed by atoms with Gasteiger partial charge in [0.25, 0.3) is 5.91 Å². The first-order valence-electron chi connectivity index (χ1n) is 8.92. The average molecular weight is 483 g/mol. The van der Waals surface area contributed by atoms with Crippen LogP contribution in [0.15, 0.2) is 42.1 Å². The minimum absolute atomic E-state index is 0.0156. The molecule has 2 aromatic rings. The van der Waals surface area contributed by atoms with E-state index in [-0.39, 0.29) is 39.2 Å². The third kappa shape index (κ3) is 5.88. The van der Waals surface area contributed by atoms with Gasteiger partial charge in [0.05, 0.1) is 17.6 Å². The maximum atomic E-state index is 13.1. The summed E-state index contributed by atoms with van der Waals surface area (Å²) in [5.41, 5.74) is 2.10. The number of ether oxygens (including phenoxy) is 1. The smallest absolute Gasteiger partial charge is 0.326 e. The minimum Gasteiger partial charge on any atom is -0.503 e. The number of methoxy groups -OCH3 is 1. The fourth-order valence-corrected chi connectivity index (χ4v) is 3.34. The van der Waals surface area contributed by atoms with Crippen LogP contribution < -0.4 is 10.1 Å². The second kappa shape index (κ2) is 11.0. The zero-order valence-corrected chi connectivity index (χ0v) is 19.0. The van der Waals surface area contributed by atoms with Crippen molar-refractivity contribution >= 4 is 58.9 Å². The number of carbonyl (C=O) groups excluding carboxylic acids is 1. The molecule has 0 radical (unpaired) electrons. The van der Waals surface area contributed by atoms with Crippen LogP contribution >= 0.6 is 35.4 Å². The predicted octanol–water partition coefficient (Wildman–Crippen LogP) is 3.75. The fraction of sp³-hybridized carbons (Fsp3) is 0.190. The fourth-order valence-electron chi connectivity index (χ4n) is 2.82. The maximum Gasteiger partial charge on any atom is 0.326 e. The van der Waals surface area contributed by atoms with E-state index in [4.69, 9.17) is 40.2 Å². The monoisotopic (exact) mass is 482 g/mol. The molecule has 1 amide bonds. The number of rotatable bonds is 9. The Morgan fingerprint density at radius 3 is 2.45 bits per heavy atom. The highest BCUT2D eigenvalue weighted by Crippen LogP contribution is 2.42. The van der Waals surface area contributed by atoms with E-state index in [2.05, 4.69) is 5.32 Å². The number of carboxylic acid groups (broad SMARTS) is 1. The SMILES string of the molecule is COc1cc(/C=C(/NC=S)C(=O)N(C)C(Cc2ccccc2)C(=O)O)c(Cl)c(Cl)c1O. The first-order valence-corrected chi connectivity index (χ1v) is 10.1. The Bertz CT molecular complexity index is 1010. The summed E-state index contributed by atoms with van der Waals surface area (Å²) in [6.07, 6.45) is 1.46. The molecule has 164 valence electrons. The van der Waals surface area contributed by atoms with E-state index in [0.29, 0.717) is 0 Å². The molecule has 0 fully saturated rings. The number of nitrogens with one attached hydrogen (secondary N) is 1. The number of phenolic OH excluding ortho intramolecular Hbond substituents is 1. The van der Waals surface area contributed by atoms with Crippen LogP contribution in [0.2, 0.25) is 10.0 Å². The van der Waals surface area contributed by atoms with E-state index in [1.807, 2.05) is 6.07 Å². The number of phenols is 1. The molecule has 0 aliphatic heterocycles. The molecule has 1 unspecified atom stereocenters. The Kier molecular flexibility index (Phi) is 8.67. The Morgan fingerprint density at radius 1 is 1.26 bits per heavy atom. The van der Waals surface area contributed by atoms with Crippen molar-refractivity contribution in [2.24, 2.45) is 0 Å². The van der Waals surface area contributed by atoms with Crippen LogP contribution in [0.3, 0.4) is 0 Å². The zero-order chi connectivity index (χ0) is 23.1. The Hall–Kier alpha value is -2.81. The van der Waals surface area contributed by atoms with Gasteiger partial charge in [-0.1, -0.05) is 65.8 Å². The maximum absolute atomic E-state index is 13.1. The molecule has 7 nitrogen and oxygen atoms in total. The molecule has 0 saturated carbocycles. The van der Waals surface area contributed by atoms with Crippen molar-refractivity contribution in [3.63, 3.8) is 0 Å². The summed E-state index contributed by atoms with van der Waals surface area (Å²) >= 11 is 17.1. The van der Waals surface area contributed by atoms with E-state index >= 15 is 0 Å². The molecular weight excluding hydrogens is 463 g/mol. The lowest BCUT2D eigenvalue weighted by Gasteiger charge is -2.26. The van der Waals surface area contributed by atoms with Crippen molar-refractivity contribution in [2.45, 2.75) is 12.5 Å². The van der Waals surface area contributed by atoms with Gasteiger partial charge in [-0.15, -0.1) is 0 Å². The highest BCUT2D eigenvalue weighted by Gasteiger charge is 2.29. The van der Waals surface area contributed by atoms with Crippen molar-refractivity contribution in [1.29, 1.82) is 0 Å². The van der Waals surface area contributed by atoms with E-state index < -0.39 is 17.9 Å². The summed E-state index contributed by atoms with van der Waals surface area (Å²) in [7, 11) is 2.72. The van der Waals surface area contributed by atoms with Crippen LogP contribution in [0.4, 0.5) is 0 Å². The highest BCUT2D eigenvalue weighted by atomic mass is 35.5. The number of thiocarbonyl (C=S) groups is 1. The summed E-state index contributed by atoms with van der Waals surface area (Å²) in [5.74, 6) is -2.08. The standard InChI is InChI=1S/C21H20Cl2N2O5S/c1-25(15(21(28)29)8-12-6-4-3-5-7-12)20(27)14(24-11-31)9-13-10-16(30-2)19(26)18(23)17(13)22/h3-7,9-11,15,26H,8H2,1-2H3,(H,24,31)(H,28,29)/b14-9+. The summed E-state index contributed by atoms with van der Waals surface area (Å²) in [6.45, 7) is 0. The van der Waals surface area contributed by atoms with Gasteiger partial charge >= 0.3 is 5.97 Å². The number of carboxylic acids is 1. The third-order valence-corrected chi connectivity index (χ3v) is 5.47. The molecule has 0 aromatic heterocycles. The Labute approximate surface area is 194 Å². The molecule has 0 spiro atoms. The van der Waals surface area contributed by atoms with E-state index in [0.717, 1.165) is 16.0 Å². The number of aromatic hydroxyl groups is 1. The lowest BCUT2D eigenvalue weighted by molar-refractivity contribution is -0.147. The van der Waals surface area contributed by atoms with E-state index in [1.54, 1.807) is 24.3 Å². The van der Waals surface area contributed by atoms with Crippen molar-refractivity contribution in [2.75, 3.05) is 14.2 Å². The average Bonchev–Trinajstić information content (AvgIpc) is 2.76. The van der Waals surface area contributed by atoms with Crippen molar-refractivity contribution in [3.8, 4) is 11.5 Å². The number of amides is 1. The molecule has 2 aromatic carbocycles. The first kappa shape index (κ1) is 24.5. The number of hydrogen-bond donors (Lipinski definition) is 3. The molecule has 1 atom stereocenters. The number of carbonyl (C=O) groups is 2. The van der Waals surface area contributed by atoms with E-state index in [9.17, 15) is 19.8 Å². The largest absolute Gasteiger partial charge is 0.503 e. The van der Waals surface area contributed by atoms with Gasteiger partial charge in [0, 0.05) is 19.0 Å². The van der Waals surface area contributed by atoms with Gasteiger partial charge in [0.15, 0.2) is 11.5 Å². The molecule has 0 heterocycles. The molecule has 0 aliphatic carbocycles. The van der Waals surface area contributed by atoms with Crippen LogP contribution in [0.1, 0.15) is 11.1 Å². The topological polar surface area (TPSA) is 99.1 Å². The number of halogens is 2. The van der Waals surface area contributed by atoms with Gasteiger partial charge in [-0.2, -0.15) is 0 Å². The van der Waals surface area contributed by atoms with Gasteiger partial charge in [-0.05, 0) is 17.7 Å². The van der Waals surface area contributed by atoms with Crippen LogP contribution in [0, 0.1) is 0 Å².